The van der Waals surface area contributed by atoms with Gasteiger partial charge in [0.1, 0.15) is 17.2 Å². The highest BCUT2D eigenvalue weighted by Gasteiger charge is 2.14. The summed E-state index contributed by atoms with van der Waals surface area (Å²) in [5.74, 6) is 0.734. The van der Waals surface area contributed by atoms with E-state index in [0.29, 0.717) is 11.5 Å². The Balaban J connectivity index is 1.54. The van der Waals surface area contributed by atoms with Gasteiger partial charge in [-0.15, -0.1) is 0 Å². The average molecular weight is 421 g/mol. The third kappa shape index (κ3) is 4.18. The van der Waals surface area contributed by atoms with Crippen LogP contribution in [0.1, 0.15) is 29.0 Å². The van der Waals surface area contributed by atoms with E-state index in [1.807, 2.05) is 36.4 Å². The maximum atomic E-state index is 11.1. The van der Waals surface area contributed by atoms with Gasteiger partial charge >= 0.3 is 5.97 Å². The number of hydrogen-bond donors (Lipinski definition) is 2. The van der Waals surface area contributed by atoms with E-state index in [2.05, 4.69) is 22.2 Å². The first-order valence-corrected chi connectivity index (χ1v) is 10.0. The number of para-hydroxylation sites is 1. The van der Waals surface area contributed by atoms with E-state index >= 15 is 0 Å². The van der Waals surface area contributed by atoms with Crippen LogP contribution in [-0.4, -0.2) is 28.2 Å². The molecule has 2 N–H and O–H groups in total. The summed E-state index contributed by atoms with van der Waals surface area (Å²) in [6.07, 6.45) is 1.41. The van der Waals surface area contributed by atoms with Crippen LogP contribution in [0.3, 0.4) is 0 Å². The summed E-state index contributed by atoms with van der Waals surface area (Å²) in [7, 11) is 1.66. The van der Waals surface area contributed by atoms with Gasteiger partial charge in [-0.2, -0.15) is 0 Å². The molecule has 0 unspecified atom stereocenters. The zero-order valence-corrected chi connectivity index (χ0v) is 17.1. The topological polar surface area (TPSA) is 93.6 Å². The Bertz CT molecular complexity index is 1210. The number of carbonyl (C=O) groups is 1. The van der Waals surface area contributed by atoms with Crippen LogP contribution in [-0.2, 0) is 0 Å². The molecule has 7 nitrogen and oxygen atoms in total. The first kappa shape index (κ1) is 19.7. The monoisotopic (exact) mass is 421 g/mol. The fraction of sp³-hybridized carbons (Fsp3) is 0.136. The van der Waals surface area contributed by atoms with Gasteiger partial charge in [0, 0.05) is 23.9 Å². The number of nitrogens with zero attached hydrogens (tertiary/aromatic N) is 2. The Morgan fingerprint density at radius 2 is 1.93 bits per heavy atom. The lowest BCUT2D eigenvalue weighted by Crippen LogP contribution is -2.07. The van der Waals surface area contributed by atoms with Crippen molar-refractivity contribution in [1.29, 1.82) is 0 Å². The summed E-state index contributed by atoms with van der Waals surface area (Å²) in [6, 6.07) is 16.5. The minimum absolute atomic E-state index is 0.0173. The van der Waals surface area contributed by atoms with Crippen molar-refractivity contribution in [2.75, 3.05) is 12.4 Å². The molecular formula is C22H19N3O4S. The molecule has 2 aromatic heterocycles. The van der Waals surface area contributed by atoms with Gasteiger partial charge in [0.25, 0.3) is 0 Å². The number of pyridine rings is 1. The van der Waals surface area contributed by atoms with Gasteiger partial charge < -0.3 is 19.9 Å². The average Bonchev–Trinajstić information content (AvgIpc) is 3.15. The largest absolute Gasteiger partial charge is 0.496 e. The van der Waals surface area contributed by atoms with Gasteiger partial charge in [-0.25, -0.2) is 14.8 Å². The third-order valence-electron chi connectivity index (χ3n) is 4.49. The smallest absolute Gasteiger partial charge is 0.354 e. The standard InChI is InChI=1S/C22H19N3O4S/c1-13(16-5-3-4-6-19(16)28-2)24-22-25-17-8-7-14(12-20(17)30-22)29-15-9-10-23-18(11-15)21(26)27/h3-13H,1-2H3,(H,24,25)(H,26,27)/t13-/m1/s1. The van der Waals surface area contributed by atoms with Crippen LogP contribution in [0.25, 0.3) is 10.2 Å². The van der Waals surface area contributed by atoms with Crippen molar-refractivity contribution >= 4 is 32.7 Å². The van der Waals surface area contributed by atoms with E-state index in [0.717, 1.165) is 26.7 Å². The van der Waals surface area contributed by atoms with Gasteiger partial charge in [-0.1, -0.05) is 29.5 Å². The first-order valence-electron chi connectivity index (χ1n) is 9.21. The van der Waals surface area contributed by atoms with Crippen molar-refractivity contribution in [1.82, 2.24) is 9.97 Å². The zero-order chi connectivity index (χ0) is 21.1. The highest BCUT2D eigenvalue weighted by atomic mass is 32.1. The highest BCUT2D eigenvalue weighted by molar-refractivity contribution is 7.22. The number of carboxylic acids is 1. The third-order valence-corrected chi connectivity index (χ3v) is 5.44. The minimum atomic E-state index is -1.10. The fourth-order valence-corrected chi connectivity index (χ4v) is 4.03. The molecule has 0 spiro atoms. The second-order valence-electron chi connectivity index (χ2n) is 6.54. The molecule has 1 atom stereocenters. The molecule has 4 aromatic rings. The number of carboxylic acid groups (broad SMARTS) is 1. The van der Waals surface area contributed by atoms with Crippen molar-refractivity contribution in [2.24, 2.45) is 0 Å². The highest BCUT2D eigenvalue weighted by Crippen LogP contribution is 2.34. The summed E-state index contributed by atoms with van der Waals surface area (Å²) in [6.45, 7) is 2.06. The summed E-state index contributed by atoms with van der Waals surface area (Å²) in [5.41, 5.74) is 1.83. The number of rotatable bonds is 7. The minimum Gasteiger partial charge on any atom is -0.496 e. The number of nitrogens with one attached hydrogen (secondary N) is 1. The lowest BCUT2D eigenvalue weighted by atomic mass is 10.1. The Hall–Kier alpha value is -3.65. The number of thiazole rings is 1. The van der Waals surface area contributed by atoms with E-state index in [1.54, 1.807) is 19.2 Å². The SMILES string of the molecule is COc1ccccc1[C@@H](C)Nc1nc2ccc(Oc3ccnc(C(=O)O)c3)cc2s1. The molecular weight excluding hydrogens is 402 g/mol. The molecule has 0 aliphatic carbocycles. The van der Waals surface area contributed by atoms with Crippen LogP contribution in [0.5, 0.6) is 17.2 Å². The number of aromatic carboxylic acids is 1. The number of methoxy groups -OCH3 is 1. The fourth-order valence-electron chi connectivity index (χ4n) is 3.04. The van der Waals surface area contributed by atoms with Gasteiger partial charge in [-0.3, -0.25) is 0 Å². The van der Waals surface area contributed by atoms with Crippen molar-refractivity contribution in [2.45, 2.75) is 13.0 Å². The summed E-state index contributed by atoms with van der Waals surface area (Å²) in [5, 5.41) is 13.3. The van der Waals surface area contributed by atoms with Gasteiger partial charge in [0.2, 0.25) is 0 Å². The molecule has 4 rings (SSSR count). The van der Waals surface area contributed by atoms with E-state index in [-0.39, 0.29) is 11.7 Å². The number of ether oxygens (including phenoxy) is 2. The predicted octanol–water partition coefficient (Wildman–Crippen LogP) is 5.36. The molecule has 30 heavy (non-hydrogen) atoms. The molecule has 0 saturated heterocycles. The van der Waals surface area contributed by atoms with Crippen LogP contribution in [0.4, 0.5) is 5.13 Å². The lowest BCUT2D eigenvalue weighted by Gasteiger charge is -2.16. The second kappa shape index (κ2) is 8.38. The zero-order valence-electron chi connectivity index (χ0n) is 16.3. The Labute approximate surface area is 176 Å². The van der Waals surface area contributed by atoms with Crippen molar-refractivity contribution < 1.29 is 19.4 Å². The molecule has 0 bridgehead atoms. The quantitative estimate of drug-likeness (QED) is 0.415. The maximum absolute atomic E-state index is 11.1. The van der Waals surface area contributed by atoms with Crippen LogP contribution in [0.2, 0.25) is 0 Å². The molecule has 0 aliphatic rings. The van der Waals surface area contributed by atoms with Crippen LogP contribution in [0, 0.1) is 0 Å². The molecule has 0 amide bonds. The van der Waals surface area contributed by atoms with Gasteiger partial charge in [-0.05, 0) is 31.2 Å². The second-order valence-corrected chi connectivity index (χ2v) is 7.57. The molecule has 0 saturated carbocycles. The number of anilines is 1. The van der Waals surface area contributed by atoms with Crippen LogP contribution in [0.15, 0.2) is 60.8 Å². The molecule has 0 aliphatic heterocycles. The number of benzene rings is 2. The first-order chi connectivity index (χ1) is 14.5. The van der Waals surface area contributed by atoms with E-state index in [4.69, 9.17) is 14.6 Å². The van der Waals surface area contributed by atoms with E-state index < -0.39 is 5.97 Å². The summed E-state index contributed by atoms with van der Waals surface area (Å²) in [4.78, 5) is 19.5. The Kier molecular flexibility index (Phi) is 5.49. The Morgan fingerprint density at radius 1 is 1.13 bits per heavy atom. The maximum Gasteiger partial charge on any atom is 0.354 e. The molecule has 2 heterocycles. The summed E-state index contributed by atoms with van der Waals surface area (Å²) >= 11 is 1.52. The molecule has 152 valence electrons. The number of fused-ring (bicyclic) bond motifs is 1. The molecule has 0 radical (unpaired) electrons. The van der Waals surface area contributed by atoms with Crippen LogP contribution < -0.4 is 14.8 Å². The van der Waals surface area contributed by atoms with Crippen molar-refractivity contribution in [3.05, 3.63) is 72.1 Å². The molecule has 0 fully saturated rings. The Morgan fingerprint density at radius 3 is 2.73 bits per heavy atom. The van der Waals surface area contributed by atoms with Gasteiger partial charge in [0.15, 0.2) is 10.8 Å². The molecule has 8 heteroatoms. The number of hydrogen-bond acceptors (Lipinski definition) is 7. The molecule has 2 aromatic carbocycles. The van der Waals surface area contributed by atoms with Crippen molar-refractivity contribution in [3.8, 4) is 17.2 Å². The van der Waals surface area contributed by atoms with Gasteiger partial charge in [0.05, 0.1) is 23.4 Å². The number of aromatic nitrogens is 2. The normalized spacial score (nSPS) is 11.8. The predicted molar refractivity (Wildman–Crippen MR) is 116 cm³/mol. The van der Waals surface area contributed by atoms with E-state index in [1.165, 1.54) is 23.6 Å². The van der Waals surface area contributed by atoms with E-state index in [9.17, 15) is 4.79 Å². The lowest BCUT2D eigenvalue weighted by molar-refractivity contribution is 0.0690. The van der Waals surface area contributed by atoms with Crippen molar-refractivity contribution in [3.63, 3.8) is 0 Å². The van der Waals surface area contributed by atoms with Crippen LogP contribution >= 0.6 is 11.3 Å². The summed E-state index contributed by atoms with van der Waals surface area (Å²) < 4.78 is 12.2.